The first kappa shape index (κ1) is 26.5. The minimum Gasteiger partial charge on any atom is -0.398 e. The van der Waals surface area contributed by atoms with Crippen molar-refractivity contribution in [1.29, 1.82) is 0 Å². The Labute approximate surface area is 208 Å². The van der Waals surface area contributed by atoms with Crippen LogP contribution in [0.15, 0.2) is 54.7 Å². The van der Waals surface area contributed by atoms with Crippen molar-refractivity contribution in [2.45, 2.75) is 52.3 Å². The van der Waals surface area contributed by atoms with Crippen LogP contribution in [-0.4, -0.2) is 22.3 Å². The minimum absolute atomic E-state index is 0.118. The third-order valence-corrected chi connectivity index (χ3v) is 6.04. The van der Waals surface area contributed by atoms with E-state index in [2.05, 4.69) is 25.8 Å². The van der Waals surface area contributed by atoms with Crippen molar-refractivity contribution in [3.05, 3.63) is 93.3 Å². The molecule has 0 saturated heterocycles. The molecule has 1 amide bonds. The van der Waals surface area contributed by atoms with Gasteiger partial charge in [0.15, 0.2) is 0 Å². The second kappa shape index (κ2) is 10.3. The number of carbonyl (C=O) groups excluding carboxylic acids is 1. The van der Waals surface area contributed by atoms with Gasteiger partial charge in [-0.25, -0.2) is 0 Å². The van der Waals surface area contributed by atoms with E-state index in [0.29, 0.717) is 27.4 Å². The van der Waals surface area contributed by atoms with E-state index in [1.54, 1.807) is 36.2 Å². The van der Waals surface area contributed by atoms with Crippen molar-refractivity contribution >= 4 is 23.2 Å². The van der Waals surface area contributed by atoms with Gasteiger partial charge in [-0.3, -0.25) is 9.78 Å². The molecule has 3 rings (SSSR count). The number of aromatic nitrogens is 1. The Kier molecular flexibility index (Phi) is 7.80. The van der Waals surface area contributed by atoms with Gasteiger partial charge in [0.2, 0.25) is 0 Å². The molecule has 0 saturated carbocycles. The number of benzene rings is 2. The first-order valence-electron chi connectivity index (χ1n) is 11.2. The number of pyridine rings is 1. The van der Waals surface area contributed by atoms with Gasteiger partial charge in [0.05, 0.1) is 5.56 Å². The van der Waals surface area contributed by atoms with E-state index in [1.807, 2.05) is 12.1 Å². The zero-order chi connectivity index (χ0) is 26.0. The highest BCUT2D eigenvalue weighted by molar-refractivity contribution is 6.31. The number of halogens is 4. The van der Waals surface area contributed by atoms with Gasteiger partial charge in [-0.1, -0.05) is 56.6 Å². The van der Waals surface area contributed by atoms with Crippen LogP contribution in [0.1, 0.15) is 59.1 Å². The highest BCUT2D eigenvalue weighted by Gasteiger charge is 2.30. The fourth-order valence-electron chi connectivity index (χ4n) is 3.69. The number of hydrogen-bond acceptors (Lipinski definition) is 3. The Bertz CT molecular complexity index is 1200. The van der Waals surface area contributed by atoms with Crippen LogP contribution < -0.4 is 5.73 Å². The Hall–Kier alpha value is -3.06. The molecule has 0 aliphatic carbocycles. The van der Waals surface area contributed by atoms with Gasteiger partial charge < -0.3 is 10.6 Å². The van der Waals surface area contributed by atoms with E-state index in [1.165, 1.54) is 6.07 Å². The Morgan fingerprint density at radius 2 is 1.77 bits per heavy atom. The number of nitrogen functional groups attached to an aromatic ring is 1. The number of rotatable bonds is 6. The predicted molar refractivity (Wildman–Crippen MR) is 133 cm³/mol. The molecule has 0 fully saturated rings. The molecule has 1 heterocycles. The summed E-state index contributed by atoms with van der Waals surface area (Å²) < 4.78 is 39.4. The second-order valence-corrected chi connectivity index (χ2v) is 10.1. The van der Waals surface area contributed by atoms with Crippen LogP contribution in [0.4, 0.5) is 18.9 Å². The van der Waals surface area contributed by atoms with Crippen molar-refractivity contribution in [2.75, 3.05) is 12.3 Å². The van der Waals surface area contributed by atoms with Gasteiger partial charge in [-0.15, -0.1) is 0 Å². The van der Waals surface area contributed by atoms with E-state index in [4.69, 9.17) is 17.3 Å². The fraction of sp³-hybridized carbons (Fsp3) is 0.333. The van der Waals surface area contributed by atoms with Crippen LogP contribution in [0.25, 0.3) is 0 Å². The summed E-state index contributed by atoms with van der Waals surface area (Å²) in [5.41, 5.74) is 8.76. The number of alkyl halides is 3. The van der Waals surface area contributed by atoms with Crippen LogP contribution in [0, 0.1) is 6.92 Å². The SMILES string of the molecule is Cc1c(N)cc(Cl)cc1C(=O)N(CCc1cccc(C(F)(F)F)c1)Cc1ccc(C(C)(C)C)nc1. The molecule has 0 aliphatic rings. The Morgan fingerprint density at radius 1 is 1.06 bits per heavy atom. The van der Waals surface area contributed by atoms with Crippen molar-refractivity contribution in [1.82, 2.24) is 9.88 Å². The van der Waals surface area contributed by atoms with E-state index in [-0.39, 0.29) is 30.8 Å². The summed E-state index contributed by atoms with van der Waals surface area (Å²) in [6.07, 6.45) is -2.45. The van der Waals surface area contributed by atoms with Crippen molar-refractivity contribution < 1.29 is 18.0 Å². The lowest BCUT2D eigenvalue weighted by Crippen LogP contribution is -2.33. The molecule has 1 aromatic heterocycles. The average molecular weight is 504 g/mol. The van der Waals surface area contributed by atoms with Gasteiger partial charge in [-0.05, 0) is 54.3 Å². The topological polar surface area (TPSA) is 59.2 Å². The number of nitrogens with two attached hydrogens (primary N) is 1. The normalized spacial score (nSPS) is 12.0. The lowest BCUT2D eigenvalue weighted by atomic mass is 9.91. The van der Waals surface area contributed by atoms with Crippen LogP contribution in [-0.2, 0) is 24.6 Å². The van der Waals surface area contributed by atoms with Crippen molar-refractivity contribution in [3.63, 3.8) is 0 Å². The summed E-state index contributed by atoms with van der Waals surface area (Å²) in [6, 6.07) is 12.1. The molecule has 35 heavy (non-hydrogen) atoms. The van der Waals surface area contributed by atoms with Gasteiger partial charge in [0.25, 0.3) is 5.91 Å². The number of hydrogen-bond donors (Lipinski definition) is 1. The lowest BCUT2D eigenvalue weighted by Gasteiger charge is -2.25. The van der Waals surface area contributed by atoms with E-state index >= 15 is 0 Å². The number of nitrogens with zero attached hydrogens (tertiary/aromatic N) is 2. The van der Waals surface area contributed by atoms with E-state index < -0.39 is 11.7 Å². The molecule has 186 valence electrons. The Balaban J connectivity index is 1.90. The predicted octanol–water partition coefficient (Wildman–Crippen LogP) is 6.83. The molecule has 3 aromatic rings. The summed E-state index contributed by atoms with van der Waals surface area (Å²) >= 11 is 6.16. The van der Waals surface area contributed by atoms with Gasteiger partial charge in [-0.2, -0.15) is 13.2 Å². The van der Waals surface area contributed by atoms with E-state index in [9.17, 15) is 18.0 Å². The summed E-state index contributed by atoms with van der Waals surface area (Å²) in [4.78, 5) is 19.7. The van der Waals surface area contributed by atoms with Crippen LogP contribution in [0.2, 0.25) is 5.02 Å². The van der Waals surface area contributed by atoms with Crippen LogP contribution in [0.3, 0.4) is 0 Å². The van der Waals surface area contributed by atoms with Crippen molar-refractivity contribution in [2.24, 2.45) is 0 Å². The zero-order valence-electron chi connectivity index (χ0n) is 20.2. The first-order chi connectivity index (χ1) is 16.3. The van der Waals surface area contributed by atoms with Crippen molar-refractivity contribution in [3.8, 4) is 0 Å². The van der Waals surface area contributed by atoms with Gasteiger partial charge >= 0.3 is 6.18 Å². The number of amides is 1. The summed E-state index contributed by atoms with van der Waals surface area (Å²) in [7, 11) is 0. The molecule has 0 spiro atoms. The van der Waals surface area contributed by atoms with Crippen LogP contribution in [0.5, 0.6) is 0 Å². The van der Waals surface area contributed by atoms with Gasteiger partial charge in [0.1, 0.15) is 0 Å². The largest absolute Gasteiger partial charge is 0.416 e. The molecular weight excluding hydrogens is 475 g/mol. The third kappa shape index (κ3) is 6.75. The third-order valence-electron chi connectivity index (χ3n) is 5.82. The molecule has 0 atom stereocenters. The molecule has 0 aliphatic heterocycles. The first-order valence-corrected chi connectivity index (χ1v) is 11.6. The summed E-state index contributed by atoms with van der Waals surface area (Å²) in [6.45, 7) is 8.36. The minimum atomic E-state index is -4.43. The quantitative estimate of drug-likeness (QED) is 0.375. The van der Waals surface area contributed by atoms with Crippen LogP contribution >= 0.6 is 11.6 Å². The highest BCUT2D eigenvalue weighted by Crippen LogP contribution is 2.30. The maximum absolute atomic E-state index is 13.6. The van der Waals surface area contributed by atoms with Gasteiger partial charge in [0, 0.05) is 46.7 Å². The smallest absolute Gasteiger partial charge is 0.398 e. The molecule has 2 aromatic carbocycles. The monoisotopic (exact) mass is 503 g/mol. The molecule has 0 unspecified atom stereocenters. The van der Waals surface area contributed by atoms with E-state index in [0.717, 1.165) is 23.4 Å². The fourth-order valence-corrected chi connectivity index (χ4v) is 3.92. The highest BCUT2D eigenvalue weighted by atomic mass is 35.5. The molecular formula is C27H29ClF3N3O. The molecule has 2 N–H and O–H groups in total. The lowest BCUT2D eigenvalue weighted by molar-refractivity contribution is -0.137. The average Bonchev–Trinajstić information content (AvgIpc) is 2.78. The maximum atomic E-state index is 13.6. The summed E-state index contributed by atoms with van der Waals surface area (Å²) in [5.74, 6) is -0.302. The second-order valence-electron chi connectivity index (χ2n) is 9.64. The molecule has 0 radical (unpaired) electrons. The standard InChI is InChI=1S/C27H29ClF3N3O/c1-17-22(13-21(28)14-23(17)32)25(35)34(16-19-8-9-24(33-15-19)26(2,3)4)11-10-18-6-5-7-20(12-18)27(29,30)31/h5-9,12-15H,10-11,16,32H2,1-4H3. The Morgan fingerprint density at radius 3 is 2.37 bits per heavy atom. The number of carbonyl (C=O) groups is 1. The zero-order valence-corrected chi connectivity index (χ0v) is 21.0. The molecule has 8 heteroatoms. The maximum Gasteiger partial charge on any atom is 0.416 e. The summed E-state index contributed by atoms with van der Waals surface area (Å²) in [5, 5.41) is 0.338. The number of anilines is 1. The molecule has 4 nitrogen and oxygen atoms in total. The molecule has 0 bridgehead atoms.